The van der Waals surface area contributed by atoms with Gasteiger partial charge in [-0.05, 0) is 38.1 Å². The largest absolute Gasteiger partial charge is 0.365 e. The normalized spacial score (nSPS) is 13.5. The van der Waals surface area contributed by atoms with Gasteiger partial charge in [0.15, 0.2) is 5.82 Å². The van der Waals surface area contributed by atoms with Crippen LogP contribution in [-0.4, -0.2) is 35.8 Å². The molecule has 0 amide bonds. The van der Waals surface area contributed by atoms with Crippen LogP contribution < -0.4 is 5.32 Å². The minimum Gasteiger partial charge on any atom is -0.365 e. The maximum atomic E-state index is 4.77. The Labute approximate surface area is 151 Å². The predicted octanol–water partition coefficient (Wildman–Crippen LogP) is 3.34. The molecule has 0 fully saturated rings. The van der Waals surface area contributed by atoms with E-state index in [0.717, 1.165) is 22.3 Å². The Morgan fingerprint density at radius 2 is 1.88 bits per heavy atom. The van der Waals surface area contributed by atoms with Crippen LogP contribution in [0.1, 0.15) is 19.9 Å². The van der Waals surface area contributed by atoms with E-state index in [1.165, 1.54) is 0 Å². The van der Waals surface area contributed by atoms with E-state index in [2.05, 4.69) is 39.2 Å². The van der Waals surface area contributed by atoms with Crippen molar-refractivity contribution in [2.75, 3.05) is 5.32 Å². The fourth-order valence-corrected chi connectivity index (χ4v) is 2.80. The van der Waals surface area contributed by atoms with Gasteiger partial charge in [-0.1, -0.05) is 12.1 Å². The van der Waals surface area contributed by atoms with Crippen LogP contribution in [0.5, 0.6) is 0 Å². The van der Waals surface area contributed by atoms with Gasteiger partial charge in [0.2, 0.25) is 0 Å². The second-order valence-electron chi connectivity index (χ2n) is 6.20. The summed E-state index contributed by atoms with van der Waals surface area (Å²) in [7, 11) is 0. The number of hydrogen-bond acceptors (Lipinski definition) is 6. The maximum Gasteiger partial charge on any atom is 0.163 e. The molecule has 0 radical (unpaired) electrons. The average Bonchev–Trinajstić information content (AvgIpc) is 3.22. The van der Waals surface area contributed by atoms with E-state index >= 15 is 0 Å². The number of fused-ring (bicyclic) bond motifs is 1. The van der Waals surface area contributed by atoms with Crippen molar-refractivity contribution >= 4 is 16.7 Å². The lowest BCUT2D eigenvalue weighted by Gasteiger charge is -2.22. The molecule has 4 aromatic rings. The zero-order valence-electron chi connectivity index (χ0n) is 14.6. The maximum absolute atomic E-state index is 4.77. The first-order valence-corrected chi connectivity index (χ1v) is 8.50. The number of nitrogens with zero attached hydrogens (tertiary/aromatic N) is 6. The molecule has 7 nitrogen and oxygen atoms in total. The molecule has 130 valence electrons. The van der Waals surface area contributed by atoms with Crippen molar-refractivity contribution in [1.29, 1.82) is 0 Å². The molecule has 2 atom stereocenters. The molecular weight excluding hydrogens is 326 g/mol. The molecule has 3 heterocycles. The molecule has 0 saturated heterocycles. The molecule has 0 spiro atoms. The third-order valence-corrected chi connectivity index (χ3v) is 4.46. The number of pyridine rings is 1. The van der Waals surface area contributed by atoms with Gasteiger partial charge in [0.05, 0.1) is 11.6 Å². The van der Waals surface area contributed by atoms with Crippen LogP contribution in [0.4, 0.5) is 5.82 Å². The van der Waals surface area contributed by atoms with Crippen molar-refractivity contribution in [1.82, 2.24) is 29.7 Å². The minimum absolute atomic E-state index is 0.0942. The summed E-state index contributed by atoms with van der Waals surface area (Å²) in [4.78, 5) is 17.7. The first-order valence-electron chi connectivity index (χ1n) is 8.50. The first-order chi connectivity index (χ1) is 12.7. The molecule has 3 aromatic heterocycles. The summed E-state index contributed by atoms with van der Waals surface area (Å²) < 4.78 is 1.84. The molecule has 4 rings (SSSR count). The SMILES string of the molecule is CC(Nc1nc(-c2cccnc2)nc2ccccc12)C(C)n1cncn1. The van der Waals surface area contributed by atoms with Crippen LogP contribution in [0.25, 0.3) is 22.3 Å². The Kier molecular flexibility index (Phi) is 4.27. The quantitative estimate of drug-likeness (QED) is 0.597. The highest BCUT2D eigenvalue weighted by Crippen LogP contribution is 2.26. The molecule has 0 aliphatic carbocycles. The number of anilines is 1. The summed E-state index contributed by atoms with van der Waals surface area (Å²) in [6.07, 6.45) is 6.78. The van der Waals surface area contributed by atoms with E-state index < -0.39 is 0 Å². The van der Waals surface area contributed by atoms with Gasteiger partial charge in [-0.3, -0.25) is 4.98 Å². The zero-order valence-corrected chi connectivity index (χ0v) is 14.6. The Hall–Kier alpha value is -3.35. The monoisotopic (exact) mass is 345 g/mol. The number of para-hydroxylation sites is 1. The molecule has 0 bridgehead atoms. The van der Waals surface area contributed by atoms with Gasteiger partial charge in [0.1, 0.15) is 18.5 Å². The Morgan fingerprint density at radius 3 is 2.65 bits per heavy atom. The third kappa shape index (κ3) is 3.11. The van der Waals surface area contributed by atoms with E-state index in [1.807, 2.05) is 41.1 Å². The van der Waals surface area contributed by atoms with Gasteiger partial charge in [-0.25, -0.2) is 19.6 Å². The van der Waals surface area contributed by atoms with Crippen molar-refractivity contribution in [3.05, 3.63) is 61.4 Å². The van der Waals surface area contributed by atoms with Crippen molar-refractivity contribution < 1.29 is 0 Å². The lowest BCUT2D eigenvalue weighted by Crippen LogP contribution is -2.27. The fourth-order valence-electron chi connectivity index (χ4n) is 2.80. The fraction of sp³-hybridized carbons (Fsp3) is 0.211. The summed E-state index contributed by atoms with van der Waals surface area (Å²) in [6.45, 7) is 4.20. The molecule has 2 unspecified atom stereocenters. The predicted molar refractivity (Wildman–Crippen MR) is 101 cm³/mol. The Morgan fingerprint density at radius 1 is 1.00 bits per heavy atom. The molecule has 0 saturated carbocycles. The molecular formula is C19H19N7. The van der Waals surface area contributed by atoms with Crippen molar-refractivity contribution in [2.24, 2.45) is 0 Å². The molecule has 0 aliphatic heterocycles. The standard InChI is InChI=1S/C19H19N7/c1-13(14(2)26-12-21-11-22-26)23-19-16-7-3-4-8-17(16)24-18(25-19)15-6-5-9-20-10-15/h3-14H,1-2H3,(H,23,24,25). The van der Waals surface area contributed by atoms with Crippen LogP contribution in [0.15, 0.2) is 61.4 Å². The number of hydrogen-bond donors (Lipinski definition) is 1. The lowest BCUT2D eigenvalue weighted by molar-refractivity contribution is 0.442. The molecule has 1 N–H and O–H groups in total. The molecule has 7 heteroatoms. The number of aromatic nitrogens is 6. The summed E-state index contributed by atoms with van der Waals surface area (Å²) in [5.41, 5.74) is 1.78. The summed E-state index contributed by atoms with van der Waals surface area (Å²) >= 11 is 0. The highest BCUT2D eigenvalue weighted by atomic mass is 15.3. The van der Waals surface area contributed by atoms with Crippen LogP contribution in [0, 0.1) is 0 Å². The number of rotatable bonds is 5. The first kappa shape index (κ1) is 16.1. The van der Waals surface area contributed by atoms with Crippen molar-refractivity contribution in [3.8, 4) is 11.4 Å². The average molecular weight is 345 g/mol. The second kappa shape index (κ2) is 6.87. The van der Waals surface area contributed by atoms with Crippen LogP contribution in [0.2, 0.25) is 0 Å². The highest BCUT2D eigenvalue weighted by Gasteiger charge is 2.17. The van der Waals surface area contributed by atoms with E-state index in [0.29, 0.717) is 5.82 Å². The van der Waals surface area contributed by atoms with E-state index in [4.69, 9.17) is 4.98 Å². The van der Waals surface area contributed by atoms with Gasteiger partial charge >= 0.3 is 0 Å². The minimum atomic E-state index is 0.0942. The molecule has 26 heavy (non-hydrogen) atoms. The van der Waals surface area contributed by atoms with Gasteiger partial charge in [0, 0.05) is 29.4 Å². The van der Waals surface area contributed by atoms with Crippen molar-refractivity contribution in [3.63, 3.8) is 0 Å². The van der Waals surface area contributed by atoms with Crippen LogP contribution in [0.3, 0.4) is 0 Å². The Balaban J connectivity index is 1.73. The van der Waals surface area contributed by atoms with Crippen LogP contribution in [-0.2, 0) is 0 Å². The van der Waals surface area contributed by atoms with E-state index in [1.54, 1.807) is 25.0 Å². The zero-order chi connectivity index (χ0) is 17.9. The smallest absolute Gasteiger partial charge is 0.163 e. The topological polar surface area (TPSA) is 81.4 Å². The molecule has 0 aliphatic rings. The summed E-state index contributed by atoms with van der Waals surface area (Å²) in [5.74, 6) is 1.45. The van der Waals surface area contributed by atoms with E-state index in [9.17, 15) is 0 Å². The third-order valence-electron chi connectivity index (χ3n) is 4.46. The lowest BCUT2D eigenvalue weighted by atomic mass is 10.1. The van der Waals surface area contributed by atoms with Gasteiger partial charge in [-0.2, -0.15) is 5.10 Å². The van der Waals surface area contributed by atoms with Gasteiger partial charge in [0.25, 0.3) is 0 Å². The van der Waals surface area contributed by atoms with Gasteiger partial charge in [-0.15, -0.1) is 0 Å². The number of nitrogens with one attached hydrogen (secondary N) is 1. The van der Waals surface area contributed by atoms with E-state index in [-0.39, 0.29) is 12.1 Å². The molecule has 1 aromatic carbocycles. The number of benzene rings is 1. The van der Waals surface area contributed by atoms with Gasteiger partial charge < -0.3 is 5.32 Å². The van der Waals surface area contributed by atoms with Crippen molar-refractivity contribution in [2.45, 2.75) is 25.9 Å². The second-order valence-corrected chi connectivity index (χ2v) is 6.20. The summed E-state index contributed by atoms with van der Waals surface area (Å²) in [6, 6.07) is 12.0. The highest BCUT2D eigenvalue weighted by molar-refractivity contribution is 5.90. The summed E-state index contributed by atoms with van der Waals surface area (Å²) in [5, 5.41) is 8.74. The van der Waals surface area contributed by atoms with Crippen LogP contribution >= 0.6 is 0 Å². The Bertz CT molecular complexity index is 999.